The van der Waals surface area contributed by atoms with Crippen LogP contribution in [-0.2, 0) is 4.79 Å². The molecule has 5 nitrogen and oxygen atoms in total. The minimum absolute atomic E-state index is 0.173. The molecule has 0 aliphatic heterocycles. The topological polar surface area (TPSA) is 71.1 Å². The first-order valence-electron chi connectivity index (χ1n) is 8.56. The molecular weight excluding hydrogens is 358 g/mol. The van der Waals surface area contributed by atoms with Crippen LogP contribution in [0.4, 0.5) is 10.8 Å². The Kier molecular flexibility index (Phi) is 5.37. The van der Waals surface area contributed by atoms with Gasteiger partial charge in [0, 0.05) is 29.1 Å². The summed E-state index contributed by atoms with van der Waals surface area (Å²) in [5, 5.41) is 8.05. The number of aryl methyl sites for hydroxylation is 3. The number of nitrogens with one attached hydrogen (secondary N) is 2. The van der Waals surface area contributed by atoms with Gasteiger partial charge in [0.1, 0.15) is 0 Å². The second-order valence-corrected chi connectivity index (χ2v) is 7.38. The molecule has 0 aliphatic rings. The van der Waals surface area contributed by atoms with Crippen LogP contribution in [0.1, 0.15) is 34.0 Å². The predicted octanol–water partition coefficient (Wildman–Crippen LogP) is 4.95. The fraction of sp³-hybridized carbons (Fsp3) is 0.190. The molecule has 6 heteroatoms. The third-order valence-corrected chi connectivity index (χ3v) is 4.95. The molecule has 2 N–H and O–H groups in total. The minimum Gasteiger partial charge on any atom is -0.326 e. The van der Waals surface area contributed by atoms with Crippen molar-refractivity contribution >= 4 is 34.0 Å². The van der Waals surface area contributed by atoms with Crippen molar-refractivity contribution in [2.75, 3.05) is 10.6 Å². The summed E-state index contributed by atoms with van der Waals surface area (Å²) >= 11 is 1.39. The highest BCUT2D eigenvalue weighted by molar-refractivity contribution is 7.14. The Labute approximate surface area is 162 Å². The lowest BCUT2D eigenvalue weighted by Gasteiger charge is -2.09. The first kappa shape index (κ1) is 18.8. The van der Waals surface area contributed by atoms with Crippen molar-refractivity contribution in [3.8, 4) is 11.3 Å². The molecule has 1 aromatic heterocycles. The maximum absolute atomic E-state index is 12.6. The molecule has 138 valence electrons. The zero-order chi connectivity index (χ0) is 19.6. The quantitative estimate of drug-likeness (QED) is 0.674. The van der Waals surface area contributed by atoms with E-state index in [0.29, 0.717) is 16.4 Å². The Bertz CT molecular complexity index is 1020. The van der Waals surface area contributed by atoms with Crippen LogP contribution in [0.3, 0.4) is 0 Å². The van der Waals surface area contributed by atoms with Crippen LogP contribution < -0.4 is 10.6 Å². The number of thiazole rings is 1. The standard InChI is InChI=1S/C21H21N3O2S/c1-12-5-8-17(14(3)9-12)19-11-27-21(23-19)24-20(26)16-7-6-13(2)18(10-16)22-15(4)25/h5-11H,1-4H3,(H,22,25)(H,23,24,26). The Hall–Kier alpha value is -2.99. The van der Waals surface area contributed by atoms with Gasteiger partial charge in [0.05, 0.1) is 5.69 Å². The van der Waals surface area contributed by atoms with Gasteiger partial charge in [-0.2, -0.15) is 0 Å². The van der Waals surface area contributed by atoms with E-state index in [1.54, 1.807) is 12.1 Å². The number of anilines is 2. The maximum atomic E-state index is 12.6. The number of aromatic nitrogens is 1. The Morgan fingerprint density at radius 1 is 0.963 bits per heavy atom. The van der Waals surface area contributed by atoms with E-state index >= 15 is 0 Å². The molecule has 0 unspecified atom stereocenters. The average molecular weight is 379 g/mol. The number of rotatable bonds is 4. The molecular formula is C21H21N3O2S. The molecule has 0 spiro atoms. The SMILES string of the molecule is CC(=O)Nc1cc(C(=O)Nc2nc(-c3ccc(C)cc3C)cs2)ccc1C. The monoisotopic (exact) mass is 379 g/mol. The molecule has 0 bridgehead atoms. The number of nitrogens with zero attached hydrogens (tertiary/aromatic N) is 1. The fourth-order valence-corrected chi connectivity index (χ4v) is 3.52. The van der Waals surface area contributed by atoms with Gasteiger partial charge < -0.3 is 5.32 Å². The average Bonchev–Trinajstić information content (AvgIpc) is 3.04. The van der Waals surface area contributed by atoms with Gasteiger partial charge in [-0.25, -0.2) is 4.98 Å². The van der Waals surface area contributed by atoms with E-state index in [1.165, 1.54) is 23.8 Å². The van der Waals surface area contributed by atoms with Crippen molar-refractivity contribution in [2.45, 2.75) is 27.7 Å². The van der Waals surface area contributed by atoms with Crippen molar-refractivity contribution in [2.24, 2.45) is 0 Å². The molecule has 0 atom stereocenters. The lowest BCUT2D eigenvalue weighted by Crippen LogP contribution is -2.13. The summed E-state index contributed by atoms with van der Waals surface area (Å²) in [4.78, 5) is 28.4. The predicted molar refractivity (Wildman–Crippen MR) is 110 cm³/mol. The van der Waals surface area contributed by atoms with E-state index in [-0.39, 0.29) is 11.8 Å². The smallest absolute Gasteiger partial charge is 0.257 e. The molecule has 3 aromatic rings. The van der Waals surface area contributed by atoms with Crippen LogP contribution in [0.5, 0.6) is 0 Å². The molecule has 0 saturated heterocycles. The Morgan fingerprint density at radius 3 is 2.44 bits per heavy atom. The first-order valence-corrected chi connectivity index (χ1v) is 9.44. The van der Waals surface area contributed by atoms with Gasteiger partial charge in [0.25, 0.3) is 5.91 Å². The summed E-state index contributed by atoms with van der Waals surface area (Å²) in [6.45, 7) is 7.43. The first-order chi connectivity index (χ1) is 12.8. The van der Waals surface area contributed by atoms with E-state index in [1.807, 2.05) is 24.4 Å². The van der Waals surface area contributed by atoms with Crippen molar-refractivity contribution in [3.05, 3.63) is 64.0 Å². The number of carbonyl (C=O) groups is 2. The number of benzene rings is 2. The van der Waals surface area contributed by atoms with Gasteiger partial charge in [-0.15, -0.1) is 11.3 Å². The summed E-state index contributed by atoms with van der Waals surface area (Å²) in [7, 11) is 0. The van der Waals surface area contributed by atoms with Crippen LogP contribution in [0.2, 0.25) is 0 Å². The Balaban J connectivity index is 1.79. The lowest BCUT2D eigenvalue weighted by atomic mass is 10.0. The van der Waals surface area contributed by atoms with Crippen molar-refractivity contribution in [3.63, 3.8) is 0 Å². The van der Waals surface area contributed by atoms with Gasteiger partial charge in [0.2, 0.25) is 5.91 Å². The van der Waals surface area contributed by atoms with Crippen molar-refractivity contribution in [1.82, 2.24) is 4.98 Å². The largest absolute Gasteiger partial charge is 0.326 e. The molecule has 0 fully saturated rings. The molecule has 0 saturated carbocycles. The molecule has 27 heavy (non-hydrogen) atoms. The van der Waals surface area contributed by atoms with Gasteiger partial charge in [-0.05, 0) is 44.0 Å². The highest BCUT2D eigenvalue weighted by Gasteiger charge is 2.13. The fourth-order valence-electron chi connectivity index (χ4n) is 2.81. The van der Waals surface area contributed by atoms with E-state index in [0.717, 1.165) is 22.4 Å². The molecule has 2 amide bonds. The number of carbonyl (C=O) groups excluding carboxylic acids is 2. The van der Waals surface area contributed by atoms with Crippen LogP contribution >= 0.6 is 11.3 Å². The zero-order valence-corrected chi connectivity index (χ0v) is 16.5. The van der Waals surface area contributed by atoms with Gasteiger partial charge in [-0.3, -0.25) is 14.9 Å². The Morgan fingerprint density at radius 2 is 1.74 bits per heavy atom. The summed E-state index contributed by atoms with van der Waals surface area (Å²) in [5.74, 6) is -0.433. The van der Waals surface area contributed by atoms with E-state index in [2.05, 4.69) is 41.6 Å². The summed E-state index contributed by atoms with van der Waals surface area (Å²) in [6, 6.07) is 11.4. The molecule has 3 rings (SSSR count). The van der Waals surface area contributed by atoms with E-state index < -0.39 is 0 Å². The third-order valence-electron chi connectivity index (χ3n) is 4.19. The number of hydrogen-bond donors (Lipinski definition) is 2. The molecule has 1 heterocycles. The maximum Gasteiger partial charge on any atom is 0.257 e. The van der Waals surface area contributed by atoms with Crippen LogP contribution in [0.25, 0.3) is 11.3 Å². The van der Waals surface area contributed by atoms with Gasteiger partial charge in [0.15, 0.2) is 5.13 Å². The summed E-state index contributed by atoms with van der Waals surface area (Å²) < 4.78 is 0. The number of hydrogen-bond acceptors (Lipinski definition) is 4. The van der Waals surface area contributed by atoms with Crippen molar-refractivity contribution < 1.29 is 9.59 Å². The van der Waals surface area contributed by atoms with E-state index in [4.69, 9.17) is 0 Å². The highest BCUT2D eigenvalue weighted by Crippen LogP contribution is 2.28. The second kappa shape index (κ2) is 7.72. The summed E-state index contributed by atoms with van der Waals surface area (Å²) in [5.41, 5.74) is 6.24. The normalized spacial score (nSPS) is 10.5. The van der Waals surface area contributed by atoms with E-state index in [9.17, 15) is 9.59 Å². The van der Waals surface area contributed by atoms with Crippen LogP contribution in [-0.4, -0.2) is 16.8 Å². The summed E-state index contributed by atoms with van der Waals surface area (Å²) in [6.07, 6.45) is 0. The van der Waals surface area contributed by atoms with Crippen LogP contribution in [0.15, 0.2) is 41.8 Å². The van der Waals surface area contributed by atoms with Crippen molar-refractivity contribution in [1.29, 1.82) is 0 Å². The second-order valence-electron chi connectivity index (χ2n) is 6.52. The zero-order valence-electron chi connectivity index (χ0n) is 15.7. The molecule has 0 radical (unpaired) electrons. The van der Waals surface area contributed by atoms with Crippen LogP contribution in [0, 0.1) is 20.8 Å². The highest BCUT2D eigenvalue weighted by atomic mass is 32.1. The molecule has 2 aromatic carbocycles. The minimum atomic E-state index is -0.261. The number of amides is 2. The molecule has 0 aliphatic carbocycles. The third kappa shape index (κ3) is 4.41. The van der Waals surface area contributed by atoms with Gasteiger partial charge in [-0.1, -0.05) is 29.8 Å². The lowest BCUT2D eigenvalue weighted by molar-refractivity contribution is -0.114. The van der Waals surface area contributed by atoms with Gasteiger partial charge >= 0.3 is 0 Å².